The fraction of sp³-hybridized carbons (Fsp3) is 0.471. The van der Waals surface area contributed by atoms with Crippen LogP contribution in [-0.4, -0.2) is 51.0 Å². The van der Waals surface area contributed by atoms with Crippen molar-refractivity contribution in [3.8, 4) is 0 Å². The molecular formula is C17H22N2O5. The Kier molecular flexibility index (Phi) is 5.23. The molecule has 0 bridgehead atoms. The minimum absolute atomic E-state index is 0.182. The van der Waals surface area contributed by atoms with E-state index >= 15 is 0 Å². The lowest BCUT2D eigenvalue weighted by atomic mass is 10.0. The quantitative estimate of drug-likeness (QED) is 0.507. The summed E-state index contributed by atoms with van der Waals surface area (Å²) in [7, 11) is 0. The van der Waals surface area contributed by atoms with Gasteiger partial charge in [0.05, 0.1) is 11.9 Å². The second kappa shape index (κ2) is 7.00. The average molecular weight is 334 g/mol. The van der Waals surface area contributed by atoms with Gasteiger partial charge in [0.2, 0.25) is 11.8 Å². The average Bonchev–Trinajstić information content (AvgIpc) is 2.83. The monoisotopic (exact) mass is 334 g/mol. The molecule has 0 aliphatic carbocycles. The second-order valence-corrected chi connectivity index (χ2v) is 6.20. The van der Waals surface area contributed by atoms with Crippen LogP contribution in [0.3, 0.4) is 0 Å². The molecule has 130 valence electrons. The van der Waals surface area contributed by atoms with Crippen molar-refractivity contribution in [3.05, 3.63) is 35.6 Å². The summed E-state index contributed by atoms with van der Waals surface area (Å²) in [5.74, 6) is -1.21. The van der Waals surface area contributed by atoms with Crippen molar-refractivity contribution in [2.75, 3.05) is 6.54 Å². The number of imide groups is 1. The molecule has 3 amide bonds. The van der Waals surface area contributed by atoms with Crippen LogP contribution in [0.15, 0.2) is 35.6 Å². The Bertz CT molecular complexity index is 645. The molecule has 2 aliphatic rings. The van der Waals surface area contributed by atoms with Gasteiger partial charge < -0.3 is 15.1 Å². The van der Waals surface area contributed by atoms with Crippen LogP contribution in [0.5, 0.6) is 0 Å². The zero-order chi connectivity index (χ0) is 17.9. The zero-order valence-corrected chi connectivity index (χ0v) is 13.8. The molecule has 7 heteroatoms. The van der Waals surface area contributed by atoms with Gasteiger partial charge in [-0.25, -0.2) is 0 Å². The number of aliphatic hydroxyl groups excluding tert-OH is 1. The van der Waals surface area contributed by atoms with Crippen molar-refractivity contribution < 1.29 is 24.6 Å². The molecule has 3 N–H and O–H groups in total. The third kappa shape index (κ3) is 3.73. The summed E-state index contributed by atoms with van der Waals surface area (Å²) in [6, 6.07) is -0.713. The Morgan fingerprint density at radius 2 is 2.04 bits per heavy atom. The summed E-state index contributed by atoms with van der Waals surface area (Å²) >= 11 is 0. The first-order valence-corrected chi connectivity index (χ1v) is 7.89. The number of aliphatic hydroxyl groups is 2. The number of piperidine rings is 1. The van der Waals surface area contributed by atoms with Gasteiger partial charge in [0.1, 0.15) is 6.04 Å². The Morgan fingerprint density at radius 1 is 1.33 bits per heavy atom. The maximum absolute atomic E-state index is 12.6. The van der Waals surface area contributed by atoms with E-state index in [-0.39, 0.29) is 36.8 Å². The van der Waals surface area contributed by atoms with E-state index in [0.29, 0.717) is 12.0 Å². The van der Waals surface area contributed by atoms with E-state index in [4.69, 9.17) is 5.11 Å². The molecule has 1 saturated heterocycles. The van der Waals surface area contributed by atoms with Crippen LogP contribution in [0, 0.1) is 0 Å². The molecule has 0 aromatic carbocycles. The van der Waals surface area contributed by atoms with Crippen molar-refractivity contribution in [3.63, 3.8) is 0 Å². The van der Waals surface area contributed by atoms with Gasteiger partial charge in [-0.05, 0) is 31.4 Å². The van der Waals surface area contributed by atoms with E-state index in [2.05, 4.69) is 5.32 Å². The first kappa shape index (κ1) is 17.9. The van der Waals surface area contributed by atoms with E-state index in [1.54, 1.807) is 19.1 Å². The number of carbonyl (C=O) groups is 3. The second-order valence-electron chi connectivity index (χ2n) is 6.20. The standard InChI is InChI=1S/C17H22N2O5/c1-3-17(2,24)8-6-11-10-19(16(23)12(11)7-9-20)13-4-5-14(21)18-15(13)22/h6-9,13,20,24H,3-5,10H2,1-2H3,(H,18,21,22)/b8-6-,9-7+. The molecule has 0 spiro atoms. The first-order valence-electron chi connectivity index (χ1n) is 7.89. The molecule has 2 atom stereocenters. The highest BCUT2D eigenvalue weighted by molar-refractivity contribution is 6.06. The van der Waals surface area contributed by atoms with Crippen LogP contribution >= 0.6 is 0 Å². The Balaban J connectivity index is 2.25. The summed E-state index contributed by atoms with van der Waals surface area (Å²) in [4.78, 5) is 37.2. The lowest BCUT2D eigenvalue weighted by Crippen LogP contribution is -2.53. The lowest BCUT2D eigenvalue weighted by molar-refractivity contribution is -0.142. The van der Waals surface area contributed by atoms with Gasteiger partial charge in [-0.3, -0.25) is 19.7 Å². The first-order chi connectivity index (χ1) is 11.3. The summed E-state index contributed by atoms with van der Waals surface area (Å²) in [5.41, 5.74) is -0.138. The number of carbonyl (C=O) groups excluding carboxylic acids is 3. The van der Waals surface area contributed by atoms with Gasteiger partial charge >= 0.3 is 0 Å². The van der Waals surface area contributed by atoms with Crippen molar-refractivity contribution in [1.82, 2.24) is 10.2 Å². The maximum atomic E-state index is 12.6. The molecular weight excluding hydrogens is 312 g/mol. The molecule has 2 rings (SSSR count). The predicted molar refractivity (Wildman–Crippen MR) is 86.7 cm³/mol. The normalized spacial score (nSPS) is 25.0. The summed E-state index contributed by atoms with van der Waals surface area (Å²) in [6.07, 6.45) is 6.24. The Hall–Kier alpha value is -2.41. The van der Waals surface area contributed by atoms with E-state index in [0.717, 1.165) is 6.26 Å². The topological polar surface area (TPSA) is 107 Å². The molecule has 1 fully saturated rings. The van der Waals surface area contributed by atoms with Crippen LogP contribution in [0.2, 0.25) is 0 Å². The third-order valence-electron chi connectivity index (χ3n) is 4.36. The van der Waals surface area contributed by atoms with Crippen LogP contribution < -0.4 is 5.32 Å². The van der Waals surface area contributed by atoms with Crippen LogP contribution in [-0.2, 0) is 14.4 Å². The third-order valence-corrected chi connectivity index (χ3v) is 4.36. The molecule has 24 heavy (non-hydrogen) atoms. The fourth-order valence-corrected chi connectivity index (χ4v) is 2.66. The molecule has 2 aliphatic heterocycles. The highest BCUT2D eigenvalue weighted by atomic mass is 16.3. The zero-order valence-electron chi connectivity index (χ0n) is 13.8. The van der Waals surface area contributed by atoms with Crippen LogP contribution in [0.1, 0.15) is 33.1 Å². The number of nitrogens with zero attached hydrogens (tertiary/aromatic N) is 1. The van der Waals surface area contributed by atoms with Gasteiger partial charge in [-0.2, -0.15) is 0 Å². The fourth-order valence-electron chi connectivity index (χ4n) is 2.66. The highest BCUT2D eigenvalue weighted by Gasteiger charge is 2.39. The SMILES string of the molecule is CCC(C)(O)/C=C\C1=C(/C=C/O)C(=O)N(C2CCC(=O)NC2=O)C1. The largest absolute Gasteiger partial charge is 0.516 e. The number of nitrogens with one attached hydrogen (secondary N) is 1. The van der Waals surface area contributed by atoms with E-state index in [1.807, 2.05) is 6.92 Å². The van der Waals surface area contributed by atoms with Crippen molar-refractivity contribution in [2.24, 2.45) is 0 Å². The molecule has 7 nitrogen and oxygen atoms in total. The van der Waals surface area contributed by atoms with Gasteiger partial charge in [0, 0.05) is 18.5 Å². The van der Waals surface area contributed by atoms with E-state index in [1.165, 1.54) is 11.0 Å². The highest BCUT2D eigenvalue weighted by Crippen LogP contribution is 2.27. The number of hydrogen-bond acceptors (Lipinski definition) is 5. The summed E-state index contributed by atoms with van der Waals surface area (Å²) in [5, 5.41) is 21.3. The lowest BCUT2D eigenvalue weighted by Gasteiger charge is -2.29. The maximum Gasteiger partial charge on any atom is 0.255 e. The van der Waals surface area contributed by atoms with Crippen LogP contribution in [0.4, 0.5) is 0 Å². The van der Waals surface area contributed by atoms with E-state index in [9.17, 15) is 19.5 Å². The van der Waals surface area contributed by atoms with E-state index < -0.39 is 17.6 Å². The van der Waals surface area contributed by atoms with Crippen LogP contribution in [0.25, 0.3) is 0 Å². The van der Waals surface area contributed by atoms with Gasteiger partial charge in [-0.15, -0.1) is 0 Å². The smallest absolute Gasteiger partial charge is 0.255 e. The Morgan fingerprint density at radius 3 is 2.62 bits per heavy atom. The number of rotatable bonds is 5. The Labute approximate surface area is 140 Å². The minimum Gasteiger partial charge on any atom is -0.516 e. The molecule has 0 radical (unpaired) electrons. The molecule has 2 heterocycles. The molecule has 0 saturated carbocycles. The number of amides is 3. The molecule has 2 unspecified atom stereocenters. The molecule has 0 aromatic heterocycles. The summed E-state index contributed by atoms with van der Waals surface area (Å²) in [6.45, 7) is 3.67. The van der Waals surface area contributed by atoms with Crippen molar-refractivity contribution >= 4 is 17.7 Å². The van der Waals surface area contributed by atoms with Crippen molar-refractivity contribution in [1.29, 1.82) is 0 Å². The predicted octanol–water partition coefficient (Wildman–Crippen LogP) is 0.719. The van der Waals surface area contributed by atoms with Gasteiger partial charge in [0.25, 0.3) is 5.91 Å². The summed E-state index contributed by atoms with van der Waals surface area (Å²) < 4.78 is 0. The van der Waals surface area contributed by atoms with Crippen molar-refractivity contribution in [2.45, 2.75) is 44.8 Å². The van der Waals surface area contributed by atoms with Gasteiger partial charge in [-0.1, -0.05) is 19.1 Å². The number of hydrogen-bond donors (Lipinski definition) is 3. The van der Waals surface area contributed by atoms with Gasteiger partial charge in [0.15, 0.2) is 0 Å². The molecule has 0 aromatic rings. The minimum atomic E-state index is -1.01.